The minimum absolute atomic E-state index is 0.0323. The van der Waals surface area contributed by atoms with Crippen molar-refractivity contribution in [3.63, 3.8) is 0 Å². The number of nitrogens with zero attached hydrogens (tertiary/aromatic N) is 1. The summed E-state index contributed by atoms with van der Waals surface area (Å²) in [5.41, 5.74) is 0.555. The van der Waals surface area contributed by atoms with Crippen molar-refractivity contribution in [2.75, 3.05) is 6.54 Å². The fourth-order valence-electron chi connectivity index (χ4n) is 2.12. The predicted octanol–water partition coefficient (Wildman–Crippen LogP) is 4.40. The molecule has 1 aromatic heterocycles. The Morgan fingerprint density at radius 1 is 1.42 bits per heavy atom. The Hall–Kier alpha value is -1.22. The molecule has 1 N–H and O–H groups in total. The second-order valence-corrected chi connectivity index (χ2v) is 4.80. The first kappa shape index (κ1) is 15.8. The number of rotatable bonds is 10. The van der Waals surface area contributed by atoms with Crippen LogP contribution in [0.5, 0.6) is 0 Å². The molecular weight excluding hydrogens is 239 g/mol. The van der Waals surface area contributed by atoms with Crippen LogP contribution < -0.4 is 5.32 Å². The standard InChI is InChI=1S/C16H25FN2/c1-3-5-6-7-8-11-15(18-12-4-2)16-14(17)10-9-13-19-16/h3,9-10,13,15,18H,1,4-8,11-12H2,2H3. The highest BCUT2D eigenvalue weighted by atomic mass is 19.1. The van der Waals surface area contributed by atoms with Gasteiger partial charge in [-0.05, 0) is 44.4 Å². The van der Waals surface area contributed by atoms with Crippen LogP contribution in [0.3, 0.4) is 0 Å². The average Bonchev–Trinajstić information content (AvgIpc) is 2.43. The zero-order valence-corrected chi connectivity index (χ0v) is 11.9. The van der Waals surface area contributed by atoms with Gasteiger partial charge in [0.15, 0.2) is 0 Å². The minimum atomic E-state index is -0.206. The highest BCUT2D eigenvalue weighted by Crippen LogP contribution is 2.20. The summed E-state index contributed by atoms with van der Waals surface area (Å²) in [6, 6.07) is 3.16. The van der Waals surface area contributed by atoms with E-state index in [-0.39, 0.29) is 11.9 Å². The number of hydrogen-bond donors (Lipinski definition) is 1. The van der Waals surface area contributed by atoms with Gasteiger partial charge in [0.2, 0.25) is 0 Å². The Bertz CT molecular complexity index is 366. The summed E-state index contributed by atoms with van der Waals surface area (Å²) in [5.74, 6) is -0.206. The molecule has 0 aromatic carbocycles. The van der Waals surface area contributed by atoms with E-state index in [2.05, 4.69) is 23.8 Å². The molecule has 1 atom stereocenters. The van der Waals surface area contributed by atoms with E-state index in [4.69, 9.17) is 0 Å². The van der Waals surface area contributed by atoms with Crippen LogP contribution in [0.1, 0.15) is 57.2 Å². The van der Waals surface area contributed by atoms with E-state index in [1.54, 1.807) is 12.3 Å². The molecule has 3 heteroatoms. The fraction of sp³-hybridized carbons (Fsp3) is 0.562. The van der Waals surface area contributed by atoms with E-state index in [9.17, 15) is 4.39 Å². The normalized spacial score (nSPS) is 12.3. The number of aromatic nitrogens is 1. The SMILES string of the molecule is C=CCCCCCC(NCCC)c1ncccc1F. The van der Waals surface area contributed by atoms with E-state index in [1.165, 1.54) is 6.07 Å². The maximum atomic E-state index is 13.8. The molecule has 0 fully saturated rings. The van der Waals surface area contributed by atoms with Gasteiger partial charge >= 0.3 is 0 Å². The molecule has 0 spiro atoms. The maximum absolute atomic E-state index is 13.8. The highest BCUT2D eigenvalue weighted by Gasteiger charge is 2.15. The third-order valence-electron chi connectivity index (χ3n) is 3.16. The maximum Gasteiger partial charge on any atom is 0.146 e. The monoisotopic (exact) mass is 264 g/mol. The quantitative estimate of drug-likeness (QED) is 0.500. The largest absolute Gasteiger partial charge is 0.309 e. The second-order valence-electron chi connectivity index (χ2n) is 4.80. The number of pyridine rings is 1. The molecule has 0 saturated heterocycles. The van der Waals surface area contributed by atoms with Gasteiger partial charge in [-0.15, -0.1) is 6.58 Å². The van der Waals surface area contributed by atoms with Crippen LogP contribution in [-0.4, -0.2) is 11.5 Å². The lowest BCUT2D eigenvalue weighted by atomic mass is 10.0. The molecular formula is C16H25FN2. The molecule has 2 nitrogen and oxygen atoms in total. The molecule has 0 saturated carbocycles. The molecule has 0 amide bonds. The van der Waals surface area contributed by atoms with Gasteiger partial charge in [0, 0.05) is 6.20 Å². The van der Waals surface area contributed by atoms with Gasteiger partial charge in [0.25, 0.3) is 0 Å². The van der Waals surface area contributed by atoms with E-state index in [0.717, 1.165) is 45.1 Å². The predicted molar refractivity (Wildman–Crippen MR) is 78.5 cm³/mol. The van der Waals surface area contributed by atoms with Crippen LogP contribution >= 0.6 is 0 Å². The van der Waals surface area contributed by atoms with Gasteiger partial charge in [0.1, 0.15) is 5.82 Å². The van der Waals surface area contributed by atoms with Crippen LogP contribution in [-0.2, 0) is 0 Å². The zero-order valence-electron chi connectivity index (χ0n) is 11.9. The van der Waals surface area contributed by atoms with Gasteiger partial charge in [-0.25, -0.2) is 4.39 Å². The summed E-state index contributed by atoms with van der Waals surface area (Å²) >= 11 is 0. The molecule has 0 aliphatic heterocycles. The number of hydrogen-bond acceptors (Lipinski definition) is 2. The van der Waals surface area contributed by atoms with Crippen LogP contribution in [0, 0.1) is 5.82 Å². The lowest BCUT2D eigenvalue weighted by molar-refractivity contribution is 0.441. The fourth-order valence-corrected chi connectivity index (χ4v) is 2.12. The molecule has 0 bridgehead atoms. The van der Waals surface area contributed by atoms with Crippen molar-refractivity contribution in [1.82, 2.24) is 10.3 Å². The molecule has 106 valence electrons. The third kappa shape index (κ3) is 5.97. The summed E-state index contributed by atoms with van der Waals surface area (Å²) in [5, 5.41) is 3.39. The topological polar surface area (TPSA) is 24.9 Å². The van der Waals surface area contributed by atoms with Crippen LogP contribution in [0.2, 0.25) is 0 Å². The van der Waals surface area contributed by atoms with Crippen LogP contribution in [0.4, 0.5) is 4.39 Å². The summed E-state index contributed by atoms with van der Waals surface area (Å²) in [6.07, 6.45) is 10.1. The van der Waals surface area contributed by atoms with Gasteiger partial charge in [-0.1, -0.05) is 25.8 Å². The lowest BCUT2D eigenvalue weighted by Crippen LogP contribution is -2.24. The van der Waals surface area contributed by atoms with Crippen molar-refractivity contribution in [1.29, 1.82) is 0 Å². The van der Waals surface area contributed by atoms with Crippen LogP contribution in [0.15, 0.2) is 31.0 Å². The Balaban J connectivity index is 2.52. The molecule has 0 aliphatic rings. The van der Waals surface area contributed by atoms with Gasteiger partial charge < -0.3 is 5.32 Å². The molecule has 19 heavy (non-hydrogen) atoms. The first-order chi connectivity index (χ1) is 9.29. The van der Waals surface area contributed by atoms with Gasteiger partial charge in [-0.2, -0.15) is 0 Å². The Morgan fingerprint density at radius 3 is 2.95 bits per heavy atom. The Morgan fingerprint density at radius 2 is 2.26 bits per heavy atom. The lowest BCUT2D eigenvalue weighted by Gasteiger charge is -2.18. The third-order valence-corrected chi connectivity index (χ3v) is 3.16. The summed E-state index contributed by atoms with van der Waals surface area (Å²) in [4.78, 5) is 4.19. The Labute approximate surface area is 116 Å². The number of nitrogens with one attached hydrogen (secondary N) is 1. The van der Waals surface area contributed by atoms with Crippen molar-refractivity contribution in [3.8, 4) is 0 Å². The van der Waals surface area contributed by atoms with Gasteiger partial charge in [0.05, 0.1) is 11.7 Å². The van der Waals surface area contributed by atoms with Crippen molar-refractivity contribution in [3.05, 3.63) is 42.5 Å². The van der Waals surface area contributed by atoms with Crippen molar-refractivity contribution in [2.45, 2.75) is 51.5 Å². The van der Waals surface area contributed by atoms with Crippen molar-refractivity contribution < 1.29 is 4.39 Å². The van der Waals surface area contributed by atoms with E-state index < -0.39 is 0 Å². The summed E-state index contributed by atoms with van der Waals surface area (Å²) in [7, 11) is 0. The second kappa shape index (κ2) is 9.68. The van der Waals surface area contributed by atoms with E-state index in [1.807, 2.05) is 6.08 Å². The molecule has 1 aromatic rings. The first-order valence-corrected chi connectivity index (χ1v) is 7.24. The van der Waals surface area contributed by atoms with Gasteiger partial charge in [-0.3, -0.25) is 4.98 Å². The number of halogens is 1. The van der Waals surface area contributed by atoms with Crippen LogP contribution in [0.25, 0.3) is 0 Å². The summed E-state index contributed by atoms with van der Waals surface area (Å²) in [6.45, 7) is 6.73. The smallest absolute Gasteiger partial charge is 0.146 e. The molecule has 0 radical (unpaired) electrons. The van der Waals surface area contributed by atoms with Crippen molar-refractivity contribution in [2.24, 2.45) is 0 Å². The summed E-state index contributed by atoms with van der Waals surface area (Å²) < 4.78 is 13.8. The van der Waals surface area contributed by atoms with Crippen molar-refractivity contribution >= 4 is 0 Å². The Kier molecular flexibility index (Phi) is 8.07. The first-order valence-electron chi connectivity index (χ1n) is 7.24. The number of unbranched alkanes of at least 4 members (excludes halogenated alkanes) is 3. The zero-order chi connectivity index (χ0) is 13.9. The average molecular weight is 264 g/mol. The number of allylic oxidation sites excluding steroid dienone is 1. The van der Waals surface area contributed by atoms with E-state index in [0.29, 0.717) is 5.69 Å². The molecule has 1 unspecified atom stereocenters. The van der Waals surface area contributed by atoms with E-state index >= 15 is 0 Å². The molecule has 0 aliphatic carbocycles. The highest BCUT2D eigenvalue weighted by molar-refractivity contribution is 5.11. The minimum Gasteiger partial charge on any atom is -0.309 e. The molecule has 1 heterocycles. The molecule has 1 rings (SSSR count).